The lowest BCUT2D eigenvalue weighted by atomic mass is 9.83. The summed E-state index contributed by atoms with van der Waals surface area (Å²) in [6.07, 6.45) is 2.40. The molecule has 0 fully saturated rings. The van der Waals surface area contributed by atoms with E-state index in [9.17, 15) is 4.79 Å². The van der Waals surface area contributed by atoms with E-state index in [0.717, 1.165) is 18.6 Å². The van der Waals surface area contributed by atoms with Gasteiger partial charge in [0.05, 0.1) is 6.61 Å². The van der Waals surface area contributed by atoms with Crippen molar-refractivity contribution in [3.05, 3.63) is 29.8 Å². The second kappa shape index (κ2) is 6.89. The minimum Gasteiger partial charge on any atom is -0.493 e. The van der Waals surface area contributed by atoms with Gasteiger partial charge in [-0.3, -0.25) is 4.79 Å². The Balaban J connectivity index is 2.05. The van der Waals surface area contributed by atoms with Gasteiger partial charge in [0.1, 0.15) is 11.5 Å². The van der Waals surface area contributed by atoms with Crippen LogP contribution in [0.2, 0.25) is 0 Å². The van der Waals surface area contributed by atoms with Gasteiger partial charge in [0.25, 0.3) is 0 Å². The molecule has 2 rings (SSSR count). The molecular weight excluding hydrogens is 250 g/mol. The van der Waals surface area contributed by atoms with Crippen LogP contribution in [0, 0.1) is 11.8 Å². The van der Waals surface area contributed by atoms with Crippen molar-refractivity contribution in [2.75, 3.05) is 13.2 Å². The lowest BCUT2D eigenvalue weighted by Crippen LogP contribution is -2.27. The quantitative estimate of drug-likeness (QED) is 0.867. The first kappa shape index (κ1) is 15.0. The van der Waals surface area contributed by atoms with Gasteiger partial charge >= 0.3 is 0 Å². The van der Waals surface area contributed by atoms with Gasteiger partial charge in [-0.25, -0.2) is 0 Å². The number of para-hydroxylation sites is 1. The van der Waals surface area contributed by atoms with Crippen LogP contribution in [-0.2, 0) is 4.79 Å². The molecule has 1 aromatic rings. The van der Waals surface area contributed by atoms with E-state index in [2.05, 4.69) is 19.9 Å². The monoisotopic (exact) mass is 275 g/mol. The van der Waals surface area contributed by atoms with Crippen LogP contribution in [0.15, 0.2) is 24.3 Å². The minimum atomic E-state index is 0.00464. The molecule has 0 aromatic heterocycles. The molecule has 0 saturated carbocycles. The Hall–Kier alpha value is -1.35. The van der Waals surface area contributed by atoms with Gasteiger partial charge in [-0.05, 0) is 36.3 Å². The van der Waals surface area contributed by atoms with Gasteiger partial charge in [0.15, 0.2) is 0 Å². The van der Waals surface area contributed by atoms with Crippen LogP contribution < -0.4 is 10.5 Å². The third kappa shape index (κ3) is 3.60. The Labute approximate surface area is 121 Å². The third-order valence-corrected chi connectivity index (χ3v) is 4.03. The number of fused-ring (bicyclic) bond motifs is 1. The second-order valence-electron chi connectivity index (χ2n) is 6.10. The number of nitrogens with two attached hydrogens (primary N) is 1. The van der Waals surface area contributed by atoms with Gasteiger partial charge < -0.3 is 10.5 Å². The largest absolute Gasteiger partial charge is 0.493 e. The van der Waals surface area contributed by atoms with Crippen LogP contribution in [0.3, 0.4) is 0 Å². The molecule has 1 aliphatic rings. The second-order valence-corrected chi connectivity index (χ2v) is 6.10. The molecule has 0 radical (unpaired) electrons. The normalized spacial score (nSPS) is 19.3. The smallest absolute Gasteiger partial charge is 0.137 e. The molecular formula is C17H25NO2. The lowest BCUT2D eigenvalue weighted by molar-refractivity contribution is -0.123. The topological polar surface area (TPSA) is 52.3 Å². The molecule has 2 N–H and O–H groups in total. The zero-order valence-corrected chi connectivity index (χ0v) is 12.5. The molecule has 0 bridgehead atoms. The number of ketones is 1. The minimum absolute atomic E-state index is 0.00464. The van der Waals surface area contributed by atoms with Crippen molar-refractivity contribution < 1.29 is 9.53 Å². The van der Waals surface area contributed by atoms with E-state index in [1.807, 2.05) is 18.2 Å². The van der Waals surface area contributed by atoms with Gasteiger partial charge in [0.2, 0.25) is 0 Å². The number of Topliss-reactive ketones (excluding diaryl/α,β-unsaturated/α-hetero) is 1. The van der Waals surface area contributed by atoms with Crippen molar-refractivity contribution in [3.63, 3.8) is 0 Å². The summed E-state index contributed by atoms with van der Waals surface area (Å²) in [6, 6.07) is 8.05. The van der Waals surface area contributed by atoms with Crippen molar-refractivity contribution in [2.24, 2.45) is 17.6 Å². The Morgan fingerprint density at radius 2 is 2.15 bits per heavy atom. The highest BCUT2D eigenvalue weighted by atomic mass is 16.5. The predicted octanol–water partition coefficient (Wildman–Crippen LogP) is 3.13. The van der Waals surface area contributed by atoms with Crippen molar-refractivity contribution in [1.29, 1.82) is 0 Å². The van der Waals surface area contributed by atoms with Gasteiger partial charge in [-0.15, -0.1) is 0 Å². The van der Waals surface area contributed by atoms with Gasteiger partial charge in [-0.1, -0.05) is 32.0 Å². The first-order chi connectivity index (χ1) is 9.61. The molecule has 2 unspecified atom stereocenters. The Morgan fingerprint density at radius 1 is 1.40 bits per heavy atom. The number of carbonyl (C=O) groups excluding carboxylic acids is 1. The van der Waals surface area contributed by atoms with E-state index >= 15 is 0 Å². The highest BCUT2D eigenvalue weighted by molar-refractivity contribution is 5.82. The summed E-state index contributed by atoms with van der Waals surface area (Å²) in [5, 5.41) is 0. The van der Waals surface area contributed by atoms with Crippen LogP contribution >= 0.6 is 0 Å². The maximum Gasteiger partial charge on any atom is 0.137 e. The molecule has 0 aliphatic carbocycles. The third-order valence-electron chi connectivity index (χ3n) is 4.03. The highest BCUT2D eigenvalue weighted by Crippen LogP contribution is 2.36. The van der Waals surface area contributed by atoms with E-state index in [0.29, 0.717) is 31.3 Å². The summed E-state index contributed by atoms with van der Waals surface area (Å²) >= 11 is 0. The van der Waals surface area contributed by atoms with Crippen molar-refractivity contribution in [2.45, 2.75) is 39.0 Å². The lowest BCUT2D eigenvalue weighted by Gasteiger charge is -2.27. The predicted molar refractivity (Wildman–Crippen MR) is 80.9 cm³/mol. The fourth-order valence-corrected chi connectivity index (χ4v) is 2.97. The summed E-state index contributed by atoms with van der Waals surface area (Å²) in [7, 11) is 0. The number of hydrogen-bond acceptors (Lipinski definition) is 3. The summed E-state index contributed by atoms with van der Waals surface area (Å²) in [6.45, 7) is 5.44. The first-order valence-corrected chi connectivity index (χ1v) is 7.56. The Kier molecular flexibility index (Phi) is 5.18. The fourth-order valence-electron chi connectivity index (χ4n) is 2.97. The van der Waals surface area contributed by atoms with Crippen LogP contribution in [0.25, 0.3) is 0 Å². The van der Waals surface area contributed by atoms with E-state index < -0.39 is 0 Å². The Bertz CT molecular complexity index is 456. The molecule has 0 amide bonds. The molecule has 1 heterocycles. The number of hydrogen-bond donors (Lipinski definition) is 1. The number of carbonyl (C=O) groups is 1. The molecule has 110 valence electrons. The fraction of sp³-hybridized carbons (Fsp3) is 0.588. The number of benzene rings is 1. The molecule has 1 aromatic carbocycles. The summed E-state index contributed by atoms with van der Waals surface area (Å²) in [5.74, 6) is 2.04. The van der Waals surface area contributed by atoms with Gasteiger partial charge in [0, 0.05) is 18.9 Å². The van der Waals surface area contributed by atoms with E-state index in [4.69, 9.17) is 10.5 Å². The molecule has 3 nitrogen and oxygen atoms in total. The van der Waals surface area contributed by atoms with Crippen LogP contribution in [-0.4, -0.2) is 18.9 Å². The standard InChI is InChI=1S/C17H25NO2/c1-12(2)9-14(11-18)16(19)10-13-7-8-20-17-6-4-3-5-15(13)17/h3-6,12-14H,7-11,18H2,1-2H3. The highest BCUT2D eigenvalue weighted by Gasteiger charge is 2.26. The zero-order chi connectivity index (χ0) is 14.5. The average molecular weight is 275 g/mol. The molecule has 0 saturated heterocycles. The van der Waals surface area contributed by atoms with Crippen LogP contribution in [0.1, 0.15) is 44.6 Å². The molecule has 3 heteroatoms. The molecule has 1 aliphatic heterocycles. The maximum atomic E-state index is 12.5. The van der Waals surface area contributed by atoms with E-state index in [-0.39, 0.29) is 11.8 Å². The molecule has 2 atom stereocenters. The maximum absolute atomic E-state index is 12.5. The van der Waals surface area contributed by atoms with E-state index in [1.54, 1.807) is 0 Å². The van der Waals surface area contributed by atoms with Crippen LogP contribution in [0.4, 0.5) is 0 Å². The molecule has 0 spiro atoms. The van der Waals surface area contributed by atoms with Crippen LogP contribution in [0.5, 0.6) is 5.75 Å². The summed E-state index contributed by atoms with van der Waals surface area (Å²) < 4.78 is 5.65. The first-order valence-electron chi connectivity index (χ1n) is 7.56. The Morgan fingerprint density at radius 3 is 2.85 bits per heavy atom. The van der Waals surface area contributed by atoms with Gasteiger partial charge in [-0.2, -0.15) is 0 Å². The molecule has 20 heavy (non-hydrogen) atoms. The van der Waals surface area contributed by atoms with Crippen molar-refractivity contribution >= 4 is 5.78 Å². The van der Waals surface area contributed by atoms with Crippen molar-refractivity contribution in [1.82, 2.24) is 0 Å². The summed E-state index contributed by atoms with van der Waals surface area (Å²) in [4.78, 5) is 12.5. The zero-order valence-electron chi connectivity index (χ0n) is 12.5. The SMILES string of the molecule is CC(C)CC(CN)C(=O)CC1CCOc2ccccc21. The number of rotatable bonds is 6. The van der Waals surface area contributed by atoms with Crippen molar-refractivity contribution in [3.8, 4) is 5.75 Å². The summed E-state index contributed by atoms with van der Waals surface area (Å²) in [5.41, 5.74) is 6.95. The number of ether oxygens (including phenoxy) is 1. The average Bonchev–Trinajstić information content (AvgIpc) is 2.45. The van der Waals surface area contributed by atoms with E-state index in [1.165, 1.54) is 5.56 Å².